The van der Waals surface area contributed by atoms with E-state index < -0.39 is 5.56 Å². The first-order chi connectivity index (χ1) is 13.7. The zero-order valence-electron chi connectivity index (χ0n) is 15.3. The molecule has 0 unspecified atom stereocenters. The van der Waals surface area contributed by atoms with E-state index >= 15 is 0 Å². The van der Waals surface area contributed by atoms with E-state index in [1.165, 1.54) is 17.2 Å². The van der Waals surface area contributed by atoms with Gasteiger partial charge in [-0.3, -0.25) is 4.79 Å². The number of anilines is 1. The molecule has 4 heteroatoms. The molecular weight excluding hydrogens is 348 g/mol. The molecular formula is C24H20N2O2. The van der Waals surface area contributed by atoms with Crippen LogP contribution < -0.4 is 11.3 Å². The van der Waals surface area contributed by atoms with Crippen molar-refractivity contribution in [3.05, 3.63) is 118 Å². The average molecular weight is 368 g/mol. The molecule has 0 radical (unpaired) electrons. The summed E-state index contributed by atoms with van der Waals surface area (Å²) in [5, 5.41) is 0. The minimum absolute atomic E-state index is 0.124. The van der Waals surface area contributed by atoms with Crippen LogP contribution >= 0.6 is 0 Å². The SMILES string of the molecule is Nc1nc(=O)cc(-c2cc(Cc3ccccc3)cc(Cc3ccccc3)c2)o1. The fourth-order valence-electron chi connectivity index (χ4n) is 3.33. The van der Waals surface area contributed by atoms with E-state index in [1.54, 1.807) is 0 Å². The van der Waals surface area contributed by atoms with Crippen molar-refractivity contribution in [2.24, 2.45) is 0 Å². The molecule has 138 valence electrons. The summed E-state index contributed by atoms with van der Waals surface area (Å²) in [6.45, 7) is 0. The van der Waals surface area contributed by atoms with Crippen LogP contribution in [0.25, 0.3) is 11.3 Å². The summed E-state index contributed by atoms with van der Waals surface area (Å²) in [7, 11) is 0. The Bertz CT molecular complexity index is 1080. The minimum atomic E-state index is -0.406. The largest absolute Gasteiger partial charge is 0.425 e. The molecule has 4 aromatic rings. The third-order valence-electron chi connectivity index (χ3n) is 4.53. The smallest absolute Gasteiger partial charge is 0.295 e. The maximum Gasteiger partial charge on any atom is 0.295 e. The van der Waals surface area contributed by atoms with Gasteiger partial charge in [-0.1, -0.05) is 66.7 Å². The van der Waals surface area contributed by atoms with E-state index in [1.807, 2.05) is 48.5 Å². The highest BCUT2D eigenvalue weighted by molar-refractivity contribution is 5.60. The highest BCUT2D eigenvalue weighted by Gasteiger charge is 2.09. The van der Waals surface area contributed by atoms with Crippen LogP contribution in [0.1, 0.15) is 22.3 Å². The van der Waals surface area contributed by atoms with Crippen molar-refractivity contribution < 1.29 is 4.42 Å². The third kappa shape index (κ3) is 4.35. The van der Waals surface area contributed by atoms with Crippen LogP contribution in [-0.4, -0.2) is 4.98 Å². The first kappa shape index (κ1) is 17.7. The van der Waals surface area contributed by atoms with Crippen LogP contribution in [0, 0.1) is 0 Å². The normalized spacial score (nSPS) is 10.7. The Morgan fingerprint density at radius 3 is 1.75 bits per heavy atom. The molecule has 4 rings (SSSR count). The average Bonchev–Trinajstić information content (AvgIpc) is 2.69. The van der Waals surface area contributed by atoms with Crippen molar-refractivity contribution in [3.8, 4) is 11.3 Å². The number of nitrogens with two attached hydrogens (primary N) is 1. The lowest BCUT2D eigenvalue weighted by Crippen LogP contribution is -2.07. The number of benzene rings is 3. The van der Waals surface area contributed by atoms with Gasteiger partial charge in [0.25, 0.3) is 11.6 Å². The molecule has 2 N–H and O–H groups in total. The maximum atomic E-state index is 11.8. The topological polar surface area (TPSA) is 69.1 Å². The molecule has 0 fully saturated rings. The van der Waals surface area contributed by atoms with Gasteiger partial charge in [0.05, 0.1) is 0 Å². The van der Waals surface area contributed by atoms with Gasteiger partial charge in [-0.25, -0.2) is 0 Å². The number of nitrogen functional groups attached to an aromatic ring is 1. The number of hydrogen-bond acceptors (Lipinski definition) is 4. The van der Waals surface area contributed by atoms with Crippen LogP contribution in [0.4, 0.5) is 6.01 Å². The van der Waals surface area contributed by atoms with Crippen molar-refractivity contribution >= 4 is 6.01 Å². The van der Waals surface area contributed by atoms with Crippen molar-refractivity contribution in [3.63, 3.8) is 0 Å². The zero-order valence-corrected chi connectivity index (χ0v) is 15.3. The van der Waals surface area contributed by atoms with Crippen LogP contribution in [-0.2, 0) is 12.8 Å². The molecule has 0 amide bonds. The summed E-state index contributed by atoms with van der Waals surface area (Å²) in [6, 6.07) is 28.1. The zero-order chi connectivity index (χ0) is 19.3. The predicted molar refractivity (Wildman–Crippen MR) is 111 cm³/mol. The number of hydrogen-bond donors (Lipinski definition) is 1. The summed E-state index contributed by atoms with van der Waals surface area (Å²) in [4.78, 5) is 15.4. The monoisotopic (exact) mass is 368 g/mol. The molecule has 4 nitrogen and oxygen atoms in total. The molecule has 1 aromatic heterocycles. The maximum absolute atomic E-state index is 11.8. The van der Waals surface area contributed by atoms with Crippen molar-refractivity contribution in [1.82, 2.24) is 4.98 Å². The Morgan fingerprint density at radius 1 is 0.714 bits per heavy atom. The number of rotatable bonds is 5. The van der Waals surface area contributed by atoms with E-state index in [0.29, 0.717) is 5.76 Å². The van der Waals surface area contributed by atoms with Gasteiger partial charge < -0.3 is 10.2 Å². The van der Waals surface area contributed by atoms with Crippen LogP contribution in [0.3, 0.4) is 0 Å². The highest BCUT2D eigenvalue weighted by Crippen LogP contribution is 2.25. The molecule has 0 spiro atoms. The molecule has 1 heterocycles. The van der Waals surface area contributed by atoms with Gasteiger partial charge in [-0.05, 0) is 47.2 Å². The van der Waals surface area contributed by atoms with Crippen molar-refractivity contribution in [2.45, 2.75) is 12.8 Å². The molecule has 0 aliphatic rings. The molecule has 0 aliphatic heterocycles. The van der Waals surface area contributed by atoms with E-state index in [-0.39, 0.29) is 6.01 Å². The molecule has 28 heavy (non-hydrogen) atoms. The van der Waals surface area contributed by atoms with Gasteiger partial charge in [0, 0.05) is 11.6 Å². The number of nitrogens with zero attached hydrogens (tertiary/aromatic N) is 1. The highest BCUT2D eigenvalue weighted by atomic mass is 16.4. The van der Waals surface area contributed by atoms with Crippen LogP contribution in [0.5, 0.6) is 0 Å². The van der Waals surface area contributed by atoms with Gasteiger partial charge in [0.15, 0.2) is 0 Å². The predicted octanol–water partition coefficient (Wildman–Crippen LogP) is 4.47. The lowest BCUT2D eigenvalue weighted by atomic mass is 9.95. The van der Waals surface area contributed by atoms with Gasteiger partial charge in [0.2, 0.25) is 0 Å². The lowest BCUT2D eigenvalue weighted by molar-refractivity contribution is 0.564. The molecule has 0 saturated heterocycles. The number of aromatic nitrogens is 1. The van der Waals surface area contributed by atoms with Gasteiger partial charge >= 0.3 is 0 Å². The quantitative estimate of drug-likeness (QED) is 0.564. The summed E-state index contributed by atoms with van der Waals surface area (Å²) in [5.74, 6) is 0.432. The van der Waals surface area contributed by atoms with E-state index in [0.717, 1.165) is 29.5 Å². The second-order valence-electron chi connectivity index (χ2n) is 6.76. The third-order valence-corrected chi connectivity index (χ3v) is 4.53. The van der Waals surface area contributed by atoms with E-state index in [9.17, 15) is 4.79 Å². The summed E-state index contributed by atoms with van der Waals surface area (Å²) in [6.07, 6.45) is 1.59. The summed E-state index contributed by atoms with van der Waals surface area (Å²) >= 11 is 0. The minimum Gasteiger partial charge on any atom is -0.425 e. The Balaban J connectivity index is 1.76. The fraction of sp³-hybridized carbons (Fsp3) is 0.0833. The summed E-state index contributed by atoms with van der Waals surface area (Å²) in [5.41, 5.74) is 10.8. The molecule has 0 atom stereocenters. The van der Waals surface area contributed by atoms with Crippen molar-refractivity contribution in [2.75, 3.05) is 5.73 Å². The van der Waals surface area contributed by atoms with E-state index in [2.05, 4.69) is 35.3 Å². The second-order valence-corrected chi connectivity index (χ2v) is 6.76. The molecule has 0 bridgehead atoms. The summed E-state index contributed by atoms with van der Waals surface area (Å²) < 4.78 is 5.52. The van der Waals surface area contributed by atoms with Crippen molar-refractivity contribution in [1.29, 1.82) is 0 Å². The lowest BCUT2D eigenvalue weighted by Gasteiger charge is -2.10. The Hall–Kier alpha value is -3.66. The van der Waals surface area contributed by atoms with Gasteiger partial charge in [-0.15, -0.1) is 0 Å². The van der Waals surface area contributed by atoms with Crippen LogP contribution in [0.2, 0.25) is 0 Å². The Morgan fingerprint density at radius 2 is 1.25 bits per heavy atom. The Kier molecular flexibility index (Phi) is 5.02. The first-order valence-electron chi connectivity index (χ1n) is 9.14. The van der Waals surface area contributed by atoms with Gasteiger partial charge in [-0.2, -0.15) is 4.98 Å². The first-order valence-corrected chi connectivity index (χ1v) is 9.14. The second kappa shape index (κ2) is 7.92. The fourth-order valence-corrected chi connectivity index (χ4v) is 3.33. The Labute approximate surface area is 163 Å². The van der Waals surface area contributed by atoms with Gasteiger partial charge in [0.1, 0.15) is 5.76 Å². The molecule has 0 aliphatic carbocycles. The van der Waals surface area contributed by atoms with Crippen LogP contribution in [0.15, 0.2) is 94.1 Å². The molecule has 3 aromatic carbocycles. The van der Waals surface area contributed by atoms with E-state index in [4.69, 9.17) is 10.2 Å². The molecule has 0 saturated carbocycles. The standard InChI is InChI=1S/C24H20N2O2/c25-24-26-23(27)16-22(28-24)21-14-19(11-17-7-3-1-4-8-17)13-20(15-21)12-18-9-5-2-6-10-18/h1-10,13-16H,11-12H2,(H2,25,26,27).